The number of rotatable bonds is 3. The van der Waals surface area contributed by atoms with Crippen molar-refractivity contribution in [2.24, 2.45) is 5.92 Å². The van der Waals surface area contributed by atoms with Crippen molar-refractivity contribution < 1.29 is 4.79 Å². The summed E-state index contributed by atoms with van der Waals surface area (Å²) in [5, 5.41) is 2.93. The van der Waals surface area contributed by atoms with Crippen molar-refractivity contribution in [2.45, 2.75) is 26.8 Å². The molecule has 0 aliphatic carbocycles. The highest BCUT2D eigenvalue weighted by Gasteiger charge is 2.11. The maximum Gasteiger partial charge on any atom is 0.223 e. The topological polar surface area (TPSA) is 55.1 Å². The van der Waals surface area contributed by atoms with Gasteiger partial charge in [0.1, 0.15) is 0 Å². The van der Waals surface area contributed by atoms with Crippen molar-refractivity contribution >= 4 is 11.6 Å². The summed E-state index contributed by atoms with van der Waals surface area (Å²) in [5.74, 6) is 0.0680. The van der Waals surface area contributed by atoms with Crippen LogP contribution in [0.3, 0.4) is 0 Å². The van der Waals surface area contributed by atoms with Crippen molar-refractivity contribution in [1.82, 2.24) is 5.32 Å². The number of nitrogens with two attached hydrogens (primary N) is 1. The van der Waals surface area contributed by atoms with Crippen LogP contribution in [0, 0.1) is 5.92 Å². The fraction of sp³-hybridized carbons (Fsp3) is 0.417. The maximum absolute atomic E-state index is 11.5. The summed E-state index contributed by atoms with van der Waals surface area (Å²) < 4.78 is 0. The third kappa shape index (κ3) is 3.27. The molecule has 0 radical (unpaired) electrons. The van der Waals surface area contributed by atoms with Gasteiger partial charge in [-0.2, -0.15) is 0 Å². The molecule has 1 aromatic carbocycles. The monoisotopic (exact) mass is 206 g/mol. The van der Waals surface area contributed by atoms with Gasteiger partial charge in [0.05, 0.1) is 6.04 Å². The van der Waals surface area contributed by atoms with E-state index >= 15 is 0 Å². The molecule has 0 saturated heterocycles. The summed E-state index contributed by atoms with van der Waals surface area (Å²) in [6.07, 6.45) is 0. The van der Waals surface area contributed by atoms with E-state index in [1.165, 1.54) is 0 Å². The minimum atomic E-state index is 0.00315. The molecule has 0 fully saturated rings. The number of hydrogen-bond donors (Lipinski definition) is 2. The van der Waals surface area contributed by atoms with Gasteiger partial charge < -0.3 is 11.1 Å². The summed E-state index contributed by atoms with van der Waals surface area (Å²) in [6.45, 7) is 5.71. The molecule has 0 spiro atoms. The molecule has 0 aliphatic rings. The van der Waals surface area contributed by atoms with Gasteiger partial charge in [-0.1, -0.05) is 26.0 Å². The Morgan fingerprint density at radius 1 is 1.33 bits per heavy atom. The lowest BCUT2D eigenvalue weighted by molar-refractivity contribution is -0.124. The lowest BCUT2D eigenvalue weighted by Crippen LogP contribution is -2.30. The molecular formula is C12H18N2O. The Labute approximate surface area is 90.7 Å². The second-order valence-electron chi connectivity index (χ2n) is 4.06. The van der Waals surface area contributed by atoms with Gasteiger partial charge in [-0.05, 0) is 24.6 Å². The van der Waals surface area contributed by atoms with Crippen LogP contribution >= 0.6 is 0 Å². The van der Waals surface area contributed by atoms with Gasteiger partial charge in [0.2, 0.25) is 5.91 Å². The second-order valence-corrected chi connectivity index (χ2v) is 4.06. The molecule has 1 aromatic rings. The fourth-order valence-corrected chi connectivity index (χ4v) is 1.29. The van der Waals surface area contributed by atoms with Crippen molar-refractivity contribution in [3.63, 3.8) is 0 Å². The first-order valence-corrected chi connectivity index (χ1v) is 5.16. The predicted octanol–water partition coefficient (Wildman–Crippen LogP) is 2.10. The summed E-state index contributed by atoms with van der Waals surface area (Å²) in [5.41, 5.74) is 7.43. The van der Waals surface area contributed by atoms with E-state index in [1.54, 1.807) is 0 Å². The summed E-state index contributed by atoms with van der Waals surface area (Å²) >= 11 is 0. The van der Waals surface area contributed by atoms with Gasteiger partial charge in [-0.25, -0.2) is 0 Å². The highest BCUT2D eigenvalue weighted by molar-refractivity contribution is 5.78. The van der Waals surface area contributed by atoms with Crippen LogP contribution in [0.5, 0.6) is 0 Å². The first-order chi connectivity index (χ1) is 7.00. The van der Waals surface area contributed by atoms with E-state index < -0.39 is 0 Å². The van der Waals surface area contributed by atoms with Crippen molar-refractivity contribution in [3.05, 3.63) is 29.8 Å². The van der Waals surface area contributed by atoms with Crippen LogP contribution in [0.2, 0.25) is 0 Å². The van der Waals surface area contributed by atoms with E-state index in [9.17, 15) is 4.79 Å². The Bertz CT molecular complexity index is 347. The molecule has 3 N–H and O–H groups in total. The molecule has 82 valence electrons. The van der Waals surface area contributed by atoms with Gasteiger partial charge >= 0.3 is 0 Å². The smallest absolute Gasteiger partial charge is 0.223 e. The van der Waals surface area contributed by atoms with Gasteiger partial charge in [0.25, 0.3) is 0 Å². The van der Waals surface area contributed by atoms with Crippen LogP contribution in [0.1, 0.15) is 32.4 Å². The van der Waals surface area contributed by atoms with Crippen molar-refractivity contribution in [2.75, 3.05) is 5.73 Å². The number of nitrogens with one attached hydrogen (secondary N) is 1. The Kier molecular flexibility index (Phi) is 3.72. The third-order valence-electron chi connectivity index (χ3n) is 2.29. The molecule has 1 unspecified atom stereocenters. The Morgan fingerprint density at radius 3 is 2.53 bits per heavy atom. The number of amides is 1. The molecule has 1 atom stereocenters. The predicted molar refractivity (Wildman–Crippen MR) is 62.3 cm³/mol. The zero-order valence-electron chi connectivity index (χ0n) is 9.45. The average molecular weight is 206 g/mol. The van der Waals surface area contributed by atoms with E-state index in [2.05, 4.69) is 5.32 Å². The van der Waals surface area contributed by atoms with Crippen LogP contribution < -0.4 is 11.1 Å². The van der Waals surface area contributed by atoms with Crippen molar-refractivity contribution in [1.29, 1.82) is 0 Å². The second kappa shape index (κ2) is 4.82. The summed E-state index contributed by atoms with van der Waals surface area (Å²) in [7, 11) is 0. The van der Waals surface area contributed by atoms with Crippen molar-refractivity contribution in [3.8, 4) is 0 Å². The molecule has 0 aliphatic heterocycles. The van der Waals surface area contributed by atoms with Crippen LogP contribution in [0.15, 0.2) is 24.3 Å². The van der Waals surface area contributed by atoms with E-state index in [-0.39, 0.29) is 17.9 Å². The number of carbonyl (C=O) groups is 1. The number of anilines is 1. The van der Waals surface area contributed by atoms with Crippen LogP contribution in [-0.2, 0) is 4.79 Å². The summed E-state index contributed by atoms with van der Waals surface area (Å²) in [4.78, 5) is 11.5. The minimum absolute atomic E-state index is 0.00315. The minimum Gasteiger partial charge on any atom is -0.399 e. The summed E-state index contributed by atoms with van der Waals surface area (Å²) in [6, 6.07) is 7.57. The quantitative estimate of drug-likeness (QED) is 0.744. The molecule has 1 amide bonds. The Balaban J connectivity index is 2.69. The maximum atomic E-state index is 11.5. The zero-order chi connectivity index (χ0) is 11.4. The molecule has 3 heteroatoms. The standard InChI is InChI=1S/C12H18N2O/c1-8(2)12(15)14-9(3)10-5-4-6-11(13)7-10/h4-9H,13H2,1-3H3,(H,14,15). The largest absolute Gasteiger partial charge is 0.399 e. The fourth-order valence-electron chi connectivity index (χ4n) is 1.29. The first kappa shape index (κ1) is 11.6. The third-order valence-corrected chi connectivity index (χ3v) is 2.29. The van der Waals surface area contributed by atoms with E-state index in [0.717, 1.165) is 11.3 Å². The highest BCUT2D eigenvalue weighted by Crippen LogP contribution is 2.15. The number of carbonyl (C=O) groups excluding carboxylic acids is 1. The lowest BCUT2D eigenvalue weighted by atomic mass is 10.1. The number of benzene rings is 1. The lowest BCUT2D eigenvalue weighted by Gasteiger charge is -2.16. The van der Waals surface area contributed by atoms with Crippen LogP contribution in [-0.4, -0.2) is 5.91 Å². The molecule has 0 aromatic heterocycles. The first-order valence-electron chi connectivity index (χ1n) is 5.16. The molecule has 1 rings (SSSR count). The average Bonchev–Trinajstić information content (AvgIpc) is 2.17. The molecule has 3 nitrogen and oxygen atoms in total. The molecule has 0 bridgehead atoms. The van der Waals surface area contributed by atoms with E-state index in [1.807, 2.05) is 45.0 Å². The molecule has 0 saturated carbocycles. The molecular weight excluding hydrogens is 188 g/mol. The number of nitrogen functional groups attached to an aromatic ring is 1. The zero-order valence-corrected chi connectivity index (χ0v) is 9.45. The highest BCUT2D eigenvalue weighted by atomic mass is 16.1. The SMILES string of the molecule is CC(C)C(=O)NC(C)c1cccc(N)c1. The van der Waals surface area contributed by atoms with Gasteiger partial charge in [-0.3, -0.25) is 4.79 Å². The Morgan fingerprint density at radius 2 is 2.00 bits per heavy atom. The van der Waals surface area contributed by atoms with Gasteiger partial charge in [-0.15, -0.1) is 0 Å². The van der Waals surface area contributed by atoms with E-state index in [4.69, 9.17) is 5.73 Å². The normalized spacial score (nSPS) is 12.5. The van der Waals surface area contributed by atoms with Crippen LogP contribution in [0.4, 0.5) is 5.69 Å². The molecule has 15 heavy (non-hydrogen) atoms. The number of hydrogen-bond acceptors (Lipinski definition) is 2. The van der Waals surface area contributed by atoms with Gasteiger partial charge in [0, 0.05) is 11.6 Å². The van der Waals surface area contributed by atoms with Crippen LogP contribution in [0.25, 0.3) is 0 Å². The molecule has 0 heterocycles. The van der Waals surface area contributed by atoms with E-state index in [0.29, 0.717) is 0 Å². The van der Waals surface area contributed by atoms with Gasteiger partial charge in [0.15, 0.2) is 0 Å². The Hall–Kier alpha value is -1.51.